The van der Waals surface area contributed by atoms with Gasteiger partial charge in [-0.25, -0.2) is 9.59 Å². The van der Waals surface area contributed by atoms with E-state index in [9.17, 15) is 14.7 Å². The van der Waals surface area contributed by atoms with Gasteiger partial charge in [0.15, 0.2) is 0 Å². The zero-order valence-electron chi connectivity index (χ0n) is 12.4. The molecular weight excluding hydrogens is 272 g/mol. The zero-order chi connectivity index (χ0) is 15.8. The van der Waals surface area contributed by atoms with E-state index in [0.717, 1.165) is 12.8 Å². The standard InChI is InChI=1S/C16H22O5/c1-3-12(9-8-11(2)17)10-21-16(20)14-7-5-4-6-13(14)15(18)19/h4-7,11-12,17H,3,8-10H2,1-2H3,(H,18,19)/t11-,12+/m1/s1. The van der Waals surface area contributed by atoms with E-state index < -0.39 is 11.9 Å². The molecule has 1 aromatic rings. The number of esters is 1. The van der Waals surface area contributed by atoms with E-state index in [4.69, 9.17) is 9.84 Å². The molecule has 1 rings (SSSR count). The van der Waals surface area contributed by atoms with Gasteiger partial charge < -0.3 is 14.9 Å². The molecule has 116 valence electrons. The molecule has 1 aromatic carbocycles. The van der Waals surface area contributed by atoms with Crippen LogP contribution in [0.5, 0.6) is 0 Å². The van der Waals surface area contributed by atoms with E-state index >= 15 is 0 Å². The van der Waals surface area contributed by atoms with Crippen molar-refractivity contribution in [3.63, 3.8) is 0 Å². The third-order valence-electron chi connectivity index (χ3n) is 3.40. The topological polar surface area (TPSA) is 83.8 Å². The van der Waals surface area contributed by atoms with Gasteiger partial charge in [0.05, 0.1) is 23.8 Å². The van der Waals surface area contributed by atoms with Gasteiger partial charge in [0.2, 0.25) is 0 Å². The summed E-state index contributed by atoms with van der Waals surface area (Å²) in [4.78, 5) is 23.1. The maximum absolute atomic E-state index is 12.0. The second kappa shape index (κ2) is 8.42. The Labute approximate surface area is 124 Å². The fourth-order valence-electron chi connectivity index (χ4n) is 2.00. The normalized spacial score (nSPS) is 13.5. The van der Waals surface area contributed by atoms with Crippen LogP contribution < -0.4 is 0 Å². The van der Waals surface area contributed by atoms with Gasteiger partial charge in [0.1, 0.15) is 0 Å². The number of carbonyl (C=O) groups excluding carboxylic acids is 1. The lowest BCUT2D eigenvalue weighted by Gasteiger charge is -2.16. The molecule has 0 amide bonds. The molecule has 0 fully saturated rings. The second-order valence-electron chi connectivity index (χ2n) is 5.15. The molecule has 0 aliphatic carbocycles. The first-order valence-corrected chi connectivity index (χ1v) is 7.13. The van der Waals surface area contributed by atoms with Crippen molar-refractivity contribution < 1.29 is 24.5 Å². The van der Waals surface area contributed by atoms with E-state index in [1.54, 1.807) is 19.1 Å². The Balaban J connectivity index is 2.63. The Morgan fingerprint density at radius 2 is 1.81 bits per heavy atom. The fraction of sp³-hybridized carbons (Fsp3) is 0.500. The molecule has 5 heteroatoms. The number of ether oxygens (including phenoxy) is 1. The molecule has 0 radical (unpaired) electrons. The molecule has 0 aliphatic heterocycles. The molecule has 5 nitrogen and oxygen atoms in total. The van der Waals surface area contributed by atoms with Crippen LogP contribution in [0.4, 0.5) is 0 Å². The van der Waals surface area contributed by atoms with E-state index in [0.29, 0.717) is 6.42 Å². The molecular formula is C16H22O5. The largest absolute Gasteiger partial charge is 0.478 e. The number of aliphatic hydroxyl groups is 1. The van der Waals surface area contributed by atoms with E-state index in [-0.39, 0.29) is 29.8 Å². The van der Waals surface area contributed by atoms with Crippen molar-refractivity contribution in [2.75, 3.05) is 6.61 Å². The lowest BCUT2D eigenvalue weighted by Crippen LogP contribution is -2.17. The van der Waals surface area contributed by atoms with Gasteiger partial charge >= 0.3 is 11.9 Å². The number of aliphatic hydroxyl groups excluding tert-OH is 1. The minimum absolute atomic E-state index is 0.0560. The highest BCUT2D eigenvalue weighted by molar-refractivity contribution is 6.02. The monoisotopic (exact) mass is 294 g/mol. The van der Waals surface area contributed by atoms with Crippen molar-refractivity contribution in [3.05, 3.63) is 35.4 Å². The molecule has 21 heavy (non-hydrogen) atoms. The van der Waals surface area contributed by atoms with Crippen molar-refractivity contribution in [1.29, 1.82) is 0 Å². The van der Waals surface area contributed by atoms with Gasteiger partial charge in [-0.15, -0.1) is 0 Å². The lowest BCUT2D eigenvalue weighted by atomic mass is 9.99. The van der Waals surface area contributed by atoms with Gasteiger partial charge in [0, 0.05) is 0 Å². The summed E-state index contributed by atoms with van der Waals surface area (Å²) in [6, 6.07) is 6.00. The molecule has 0 heterocycles. The summed E-state index contributed by atoms with van der Waals surface area (Å²) in [6.45, 7) is 3.95. The SMILES string of the molecule is CC[C@@H](CC[C@@H](C)O)COC(=O)c1ccccc1C(=O)O. The maximum Gasteiger partial charge on any atom is 0.339 e. The molecule has 0 unspecified atom stereocenters. The number of rotatable bonds is 8. The van der Waals surface area contributed by atoms with Crippen LogP contribution in [0.2, 0.25) is 0 Å². The van der Waals surface area contributed by atoms with Gasteiger partial charge in [-0.3, -0.25) is 0 Å². The maximum atomic E-state index is 12.0. The minimum Gasteiger partial charge on any atom is -0.478 e. The van der Waals surface area contributed by atoms with Crippen LogP contribution in [0.15, 0.2) is 24.3 Å². The predicted octanol–water partition coefficient (Wildman–Crippen LogP) is 2.73. The first-order valence-electron chi connectivity index (χ1n) is 7.13. The number of carboxylic acid groups (broad SMARTS) is 1. The van der Waals surface area contributed by atoms with Crippen molar-refractivity contribution in [2.24, 2.45) is 5.92 Å². The predicted molar refractivity (Wildman–Crippen MR) is 78.4 cm³/mol. The van der Waals surface area contributed by atoms with Crippen molar-refractivity contribution >= 4 is 11.9 Å². The van der Waals surface area contributed by atoms with Crippen LogP contribution in [0, 0.1) is 5.92 Å². The van der Waals surface area contributed by atoms with Gasteiger partial charge in [-0.05, 0) is 37.8 Å². The first-order chi connectivity index (χ1) is 9.95. The van der Waals surface area contributed by atoms with E-state index in [1.807, 2.05) is 6.92 Å². The summed E-state index contributed by atoms with van der Waals surface area (Å²) in [5.41, 5.74) is 0.00917. The number of carboxylic acids is 1. The molecule has 0 aliphatic rings. The third-order valence-corrected chi connectivity index (χ3v) is 3.40. The number of aromatic carboxylic acids is 1. The van der Waals surface area contributed by atoms with Crippen molar-refractivity contribution in [1.82, 2.24) is 0 Å². The smallest absolute Gasteiger partial charge is 0.339 e. The summed E-state index contributed by atoms with van der Waals surface area (Å²) >= 11 is 0. The highest BCUT2D eigenvalue weighted by Crippen LogP contribution is 2.16. The van der Waals surface area contributed by atoms with E-state index in [2.05, 4.69) is 0 Å². The van der Waals surface area contributed by atoms with Crippen LogP contribution in [-0.2, 0) is 4.74 Å². The lowest BCUT2D eigenvalue weighted by molar-refractivity contribution is 0.0411. The van der Waals surface area contributed by atoms with Crippen LogP contribution in [0.25, 0.3) is 0 Å². The Hall–Kier alpha value is -1.88. The minimum atomic E-state index is -1.15. The van der Waals surface area contributed by atoms with Gasteiger partial charge in [0.25, 0.3) is 0 Å². The zero-order valence-corrected chi connectivity index (χ0v) is 12.4. The van der Waals surface area contributed by atoms with Crippen LogP contribution in [0.1, 0.15) is 53.8 Å². The van der Waals surface area contributed by atoms with Gasteiger partial charge in [-0.1, -0.05) is 25.5 Å². The highest BCUT2D eigenvalue weighted by Gasteiger charge is 2.18. The molecule has 0 bridgehead atoms. The van der Waals surface area contributed by atoms with Crippen molar-refractivity contribution in [2.45, 2.75) is 39.2 Å². The second-order valence-corrected chi connectivity index (χ2v) is 5.15. The van der Waals surface area contributed by atoms with Crippen LogP contribution in [-0.4, -0.2) is 34.9 Å². The molecule has 0 aromatic heterocycles. The summed E-state index contributed by atoms with van der Waals surface area (Å²) in [7, 11) is 0. The number of benzene rings is 1. The van der Waals surface area contributed by atoms with Crippen molar-refractivity contribution in [3.8, 4) is 0 Å². The van der Waals surface area contributed by atoms with E-state index in [1.165, 1.54) is 12.1 Å². The Morgan fingerprint density at radius 1 is 1.19 bits per heavy atom. The first kappa shape index (κ1) is 17.2. The van der Waals surface area contributed by atoms with Crippen LogP contribution in [0.3, 0.4) is 0 Å². The molecule has 0 saturated heterocycles. The quantitative estimate of drug-likeness (QED) is 0.720. The summed E-state index contributed by atoms with van der Waals surface area (Å²) in [5.74, 6) is -1.60. The fourth-order valence-corrected chi connectivity index (χ4v) is 2.00. The average Bonchev–Trinajstić information content (AvgIpc) is 2.46. The summed E-state index contributed by atoms with van der Waals surface area (Å²) < 4.78 is 5.22. The molecule has 2 atom stereocenters. The number of hydrogen-bond donors (Lipinski definition) is 2. The molecule has 0 spiro atoms. The summed E-state index contributed by atoms with van der Waals surface area (Å²) in [6.07, 6.45) is 1.88. The average molecular weight is 294 g/mol. The third kappa shape index (κ3) is 5.55. The van der Waals surface area contributed by atoms with Gasteiger partial charge in [-0.2, -0.15) is 0 Å². The Kier molecular flexibility index (Phi) is 6.88. The Bertz CT molecular complexity index is 481. The van der Waals surface area contributed by atoms with Crippen LogP contribution >= 0.6 is 0 Å². The summed E-state index contributed by atoms with van der Waals surface area (Å²) in [5, 5.41) is 18.3. The molecule has 2 N–H and O–H groups in total. The number of carbonyl (C=O) groups is 2. The molecule has 0 saturated carbocycles. The Morgan fingerprint density at radius 3 is 2.33 bits per heavy atom. The highest BCUT2D eigenvalue weighted by atomic mass is 16.5. The number of hydrogen-bond acceptors (Lipinski definition) is 4.